The van der Waals surface area contributed by atoms with E-state index in [2.05, 4.69) is 9.97 Å². The van der Waals surface area contributed by atoms with Crippen LogP contribution in [0.2, 0.25) is 10.4 Å². The van der Waals surface area contributed by atoms with Crippen LogP contribution in [0.15, 0.2) is 0 Å². The molecule has 0 saturated carbocycles. The van der Waals surface area contributed by atoms with E-state index in [0.717, 1.165) is 5.69 Å². The van der Waals surface area contributed by atoms with Crippen LogP contribution in [0.3, 0.4) is 0 Å². The van der Waals surface area contributed by atoms with Crippen molar-refractivity contribution >= 4 is 33.2 Å². The molecule has 0 spiro atoms. The molecule has 0 atom stereocenters. The van der Waals surface area contributed by atoms with Gasteiger partial charge in [0.2, 0.25) is 15.3 Å². The number of fused-ring (bicyclic) bond motifs is 1. The fraction of sp³-hybridized carbons (Fsp3) is 0.500. The fourth-order valence-corrected chi connectivity index (χ4v) is 2.87. The number of rotatable bonds is 1. The van der Waals surface area contributed by atoms with Crippen LogP contribution in [-0.2, 0) is 23.0 Å². The second-order valence-corrected chi connectivity index (χ2v) is 6.23. The van der Waals surface area contributed by atoms with Crippen molar-refractivity contribution in [2.24, 2.45) is 0 Å². The molecule has 0 amide bonds. The van der Waals surface area contributed by atoms with Gasteiger partial charge in [0.1, 0.15) is 5.15 Å². The molecule has 5 nitrogen and oxygen atoms in total. The Labute approximate surface area is 103 Å². The van der Waals surface area contributed by atoms with Crippen LogP contribution >= 0.6 is 23.2 Å². The first-order chi connectivity index (χ1) is 7.38. The van der Waals surface area contributed by atoms with Gasteiger partial charge < -0.3 is 0 Å². The molecule has 0 fully saturated rings. The van der Waals surface area contributed by atoms with Crippen LogP contribution in [0.1, 0.15) is 11.3 Å². The van der Waals surface area contributed by atoms with Crippen molar-refractivity contribution in [1.82, 2.24) is 14.3 Å². The molecule has 0 radical (unpaired) electrons. The number of sulfonamides is 1. The predicted molar refractivity (Wildman–Crippen MR) is 61.0 cm³/mol. The molecule has 1 aliphatic rings. The van der Waals surface area contributed by atoms with Gasteiger partial charge in [-0.15, -0.1) is 0 Å². The molecule has 0 aliphatic carbocycles. The first kappa shape index (κ1) is 12.0. The molecule has 0 unspecified atom stereocenters. The van der Waals surface area contributed by atoms with E-state index in [9.17, 15) is 8.42 Å². The van der Waals surface area contributed by atoms with Crippen molar-refractivity contribution < 1.29 is 8.42 Å². The highest BCUT2D eigenvalue weighted by Crippen LogP contribution is 2.25. The van der Waals surface area contributed by atoms with E-state index < -0.39 is 10.0 Å². The molecule has 2 heterocycles. The van der Waals surface area contributed by atoms with Crippen LogP contribution in [0, 0.1) is 0 Å². The summed E-state index contributed by atoms with van der Waals surface area (Å²) < 4.78 is 24.1. The summed E-state index contributed by atoms with van der Waals surface area (Å²) in [6, 6.07) is 0. The van der Waals surface area contributed by atoms with Gasteiger partial charge in [-0.3, -0.25) is 0 Å². The van der Waals surface area contributed by atoms with E-state index in [4.69, 9.17) is 23.2 Å². The minimum Gasteiger partial charge on any atom is -0.223 e. The second-order valence-electron chi connectivity index (χ2n) is 3.56. The van der Waals surface area contributed by atoms with E-state index >= 15 is 0 Å². The number of aromatic nitrogens is 2. The van der Waals surface area contributed by atoms with Crippen molar-refractivity contribution in [3.05, 3.63) is 21.7 Å². The topological polar surface area (TPSA) is 63.2 Å². The SMILES string of the molecule is CS(=O)(=O)N1CCc2nc(Cl)nc(Cl)c2C1. The summed E-state index contributed by atoms with van der Waals surface area (Å²) in [5.41, 5.74) is 1.37. The maximum Gasteiger partial charge on any atom is 0.224 e. The maximum absolute atomic E-state index is 11.4. The van der Waals surface area contributed by atoms with Crippen LogP contribution < -0.4 is 0 Å². The van der Waals surface area contributed by atoms with Crippen LogP contribution in [0.5, 0.6) is 0 Å². The highest BCUT2D eigenvalue weighted by Gasteiger charge is 2.26. The molecule has 88 valence electrons. The average Bonchev–Trinajstić information content (AvgIpc) is 2.15. The smallest absolute Gasteiger partial charge is 0.223 e. The Morgan fingerprint density at radius 3 is 2.62 bits per heavy atom. The Hall–Kier alpha value is -0.430. The lowest BCUT2D eigenvalue weighted by atomic mass is 10.1. The zero-order valence-corrected chi connectivity index (χ0v) is 10.8. The van der Waals surface area contributed by atoms with Gasteiger partial charge in [0, 0.05) is 25.1 Å². The average molecular weight is 282 g/mol. The number of hydrogen-bond acceptors (Lipinski definition) is 4. The van der Waals surface area contributed by atoms with Gasteiger partial charge in [0.05, 0.1) is 11.9 Å². The van der Waals surface area contributed by atoms with Gasteiger partial charge in [-0.05, 0) is 11.6 Å². The third-order valence-electron chi connectivity index (χ3n) is 2.42. The van der Waals surface area contributed by atoms with Crippen molar-refractivity contribution in [3.8, 4) is 0 Å². The minimum absolute atomic E-state index is 0.0940. The van der Waals surface area contributed by atoms with Gasteiger partial charge in [0.25, 0.3) is 0 Å². The predicted octanol–water partition coefficient (Wildman–Crippen LogP) is 1.10. The molecule has 1 aliphatic heterocycles. The minimum atomic E-state index is -3.21. The van der Waals surface area contributed by atoms with Gasteiger partial charge in [-0.1, -0.05) is 11.6 Å². The molecule has 0 aromatic carbocycles. The third kappa shape index (κ3) is 2.29. The van der Waals surface area contributed by atoms with Gasteiger partial charge in [-0.2, -0.15) is 4.31 Å². The van der Waals surface area contributed by atoms with Crippen molar-refractivity contribution in [2.75, 3.05) is 12.8 Å². The second kappa shape index (κ2) is 4.10. The van der Waals surface area contributed by atoms with E-state index in [1.807, 2.05) is 0 Å². The molecule has 1 aromatic rings. The monoisotopic (exact) mass is 281 g/mol. The van der Waals surface area contributed by atoms with Gasteiger partial charge >= 0.3 is 0 Å². The zero-order valence-electron chi connectivity index (χ0n) is 8.44. The zero-order chi connectivity index (χ0) is 11.9. The van der Waals surface area contributed by atoms with E-state index in [0.29, 0.717) is 18.5 Å². The molecule has 1 aromatic heterocycles. The van der Waals surface area contributed by atoms with Crippen LogP contribution in [-0.4, -0.2) is 35.5 Å². The molecule has 2 rings (SSSR count). The highest BCUT2D eigenvalue weighted by atomic mass is 35.5. The maximum atomic E-state index is 11.4. The summed E-state index contributed by atoms with van der Waals surface area (Å²) in [5, 5.41) is 0.319. The summed E-state index contributed by atoms with van der Waals surface area (Å²) in [4.78, 5) is 7.84. The third-order valence-corrected chi connectivity index (χ3v) is 4.15. The van der Waals surface area contributed by atoms with E-state index in [1.54, 1.807) is 0 Å². The number of halogens is 2. The summed E-state index contributed by atoms with van der Waals surface area (Å²) in [5.74, 6) is 0. The van der Waals surface area contributed by atoms with E-state index in [-0.39, 0.29) is 17.0 Å². The standard InChI is InChI=1S/C8H9Cl2N3O2S/c1-16(14,15)13-3-2-6-5(4-13)7(9)12-8(10)11-6/h2-4H2,1H3. The fourth-order valence-electron chi connectivity index (χ4n) is 1.60. The van der Waals surface area contributed by atoms with Crippen molar-refractivity contribution in [2.45, 2.75) is 13.0 Å². The largest absolute Gasteiger partial charge is 0.224 e. The van der Waals surface area contributed by atoms with Gasteiger partial charge in [0.15, 0.2) is 0 Å². The van der Waals surface area contributed by atoms with E-state index in [1.165, 1.54) is 10.6 Å². The Morgan fingerprint density at radius 1 is 1.31 bits per heavy atom. The molecular formula is C8H9Cl2N3O2S. The quantitative estimate of drug-likeness (QED) is 0.571. The summed E-state index contributed by atoms with van der Waals surface area (Å²) in [6.45, 7) is 0.611. The van der Waals surface area contributed by atoms with Crippen LogP contribution in [0.25, 0.3) is 0 Å². The van der Waals surface area contributed by atoms with Crippen LogP contribution in [0.4, 0.5) is 0 Å². The molecule has 8 heteroatoms. The molecular weight excluding hydrogens is 273 g/mol. The normalized spacial score (nSPS) is 17.2. The Morgan fingerprint density at radius 2 is 2.00 bits per heavy atom. The molecule has 16 heavy (non-hydrogen) atoms. The number of nitrogens with zero attached hydrogens (tertiary/aromatic N) is 3. The molecule has 0 saturated heterocycles. The number of hydrogen-bond donors (Lipinski definition) is 0. The Balaban J connectivity index is 2.41. The lowest BCUT2D eigenvalue weighted by molar-refractivity contribution is 0.390. The summed E-state index contributed by atoms with van der Waals surface area (Å²) in [6.07, 6.45) is 1.67. The first-order valence-corrected chi connectivity index (χ1v) is 7.14. The Bertz CT molecular complexity index is 532. The van der Waals surface area contributed by atoms with Crippen molar-refractivity contribution in [3.63, 3.8) is 0 Å². The first-order valence-electron chi connectivity index (χ1n) is 4.54. The lowest BCUT2D eigenvalue weighted by Crippen LogP contribution is -2.35. The molecule has 0 N–H and O–H groups in total. The molecule has 0 bridgehead atoms. The highest BCUT2D eigenvalue weighted by molar-refractivity contribution is 7.88. The summed E-state index contributed by atoms with van der Waals surface area (Å²) in [7, 11) is -3.21. The summed E-state index contributed by atoms with van der Waals surface area (Å²) >= 11 is 11.6. The van der Waals surface area contributed by atoms with Gasteiger partial charge in [-0.25, -0.2) is 18.4 Å². The lowest BCUT2D eigenvalue weighted by Gasteiger charge is -2.26. The Kier molecular flexibility index (Phi) is 3.09. The van der Waals surface area contributed by atoms with Crippen molar-refractivity contribution in [1.29, 1.82) is 0 Å².